The SMILES string of the molecule is NC(=O)CC1CCN(C(=O)c2csc(-c3ccco3)n2)CC1. The van der Waals surface area contributed by atoms with Crippen molar-refractivity contribution in [1.82, 2.24) is 9.88 Å². The summed E-state index contributed by atoms with van der Waals surface area (Å²) in [7, 11) is 0. The van der Waals surface area contributed by atoms with Gasteiger partial charge in [0.2, 0.25) is 5.91 Å². The summed E-state index contributed by atoms with van der Waals surface area (Å²) < 4.78 is 5.29. The molecule has 6 nitrogen and oxygen atoms in total. The molecule has 2 aromatic rings. The zero-order chi connectivity index (χ0) is 15.5. The molecule has 1 aliphatic rings. The Morgan fingerprint density at radius 2 is 2.18 bits per heavy atom. The number of hydrogen-bond acceptors (Lipinski definition) is 5. The van der Waals surface area contributed by atoms with Crippen LogP contribution in [-0.2, 0) is 4.79 Å². The molecule has 0 unspecified atom stereocenters. The van der Waals surface area contributed by atoms with Gasteiger partial charge in [0.25, 0.3) is 5.91 Å². The molecule has 0 spiro atoms. The lowest BCUT2D eigenvalue weighted by molar-refractivity contribution is -0.119. The molecule has 22 heavy (non-hydrogen) atoms. The quantitative estimate of drug-likeness (QED) is 0.935. The number of furan rings is 1. The zero-order valence-corrected chi connectivity index (χ0v) is 12.8. The Labute approximate surface area is 131 Å². The van der Waals surface area contributed by atoms with E-state index >= 15 is 0 Å². The van der Waals surface area contributed by atoms with Crippen molar-refractivity contribution in [2.75, 3.05) is 13.1 Å². The van der Waals surface area contributed by atoms with E-state index in [2.05, 4.69) is 4.98 Å². The minimum atomic E-state index is -0.271. The first-order valence-corrected chi connectivity index (χ1v) is 8.08. The van der Waals surface area contributed by atoms with E-state index in [4.69, 9.17) is 10.2 Å². The van der Waals surface area contributed by atoms with Gasteiger partial charge in [-0.05, 0) is 30.9 Å². The second-order valence-corrected chi connectivity index (χ2v) is 6.28. The second-order valence-electron chi connectivity index (χ2n) is 5.42. The van der Waals surface area contributed by atoms with E-state index in [1.54, 1.807) is 22.6 Å². The summed E-state index contributed by atoms with van der Waals surface area (Å²) in [6.07, 6.45) is 3.61. The van der Waals surface area contributed by atoms with Gasteiger partial charge in [-0.25, -0.2) is 4.98 Å². The standard InChI is InChI=1S/C15H17N3O3S/c16-13(19)8-10-3-5-18(6-4-10)15(20)11-9-22-14(17-11)12-2-1-7-21-12/h1-2,7,9-10H,3-6,8H2,(H2,16,19). The Hall–Kier alpha value is -2.15. The number of hydrogen-bond donors (Lipinski definition) is 1. The number of aromatic nitrogens is 1. The molecule has 7 heteroatoms. The normalized spacial score (nSPS) is 15.9. The van der Waals surface area contributed by atoms with Crippen LogP contribution in [0.2, 0.25) is 0 Å². The molecule has 0 radical (unpaired) electrons. The monoisotopic (exact) mass is 319 g/mol. The van der Waals surface area contributed by atoms with Crippen LogP contribution in [0, 0.1) is 5.92 Å². The molecule has 3 heterocycles. The van der Waals surface area contributed by atoms with Crippen LogP contribution in [-0.4, -0.2) is 34.8 Å². The van der Waals surface area contributed by atoms with E-state index in [-0.39, 0.29) is 17.7 Å². The second kappa shape index (κ2) is 6.31. The maximum Gasteiger partial charge on any atom is 0.273 e. The predicted octanol–water partition coefficient (Wildman–Crippen LogP) is 2.13. The molecule has 1 aliphatic heterocycles. The third-order valence-electron chi connectivity index (χ3n) is 3.85. The fraction of sp³-hybridized carbons (Fsp3) is 0.400. The van der Waals surface area contributed by atoms with E-state index in [0.717, 1.165) is 12.8 Å². The maximum absolute atomic E-state index is 12.5. The van der Waals surface area contributed by atoms with E-state index in [0.29, 0.717) is 36.0 Å². The number of likely N-dealkylation sites (tertiary alicyclic amines) is 1. The van der Waals surface area contributed by atoms with Crippen LogP contribution in [0.5, 0.6) is 0 Å². The number of nitrogens with zero attached hydrogens (tertiary/aromatic N) is 2. The summed E-state index contributed by atoms with van der Waals surface area (Å²) in [6.45, 7) is 1.29. The molecule has 116 valence electrons. The van der Waals surface area contributed by atoms with Crippen molar-refractivity contribution < 1.29 is 14.0 Å². The molecule has 2 amide bonds. The number of rotatable bonds is 4. The number of thiazole rings is 1. The summed E-state index contributed by atoms with van der Waals surface area (Å²) in [5, 5.41) is 2.47. The highest BCUT2D eigenvalue weighted by Gasteiger charge is 2.26. The number of piperidine rings is 1. The smallest absolute Gasteiger partial charge is 0.273 e. The van der Waals surface area contributed by atoms with E-state index in [9.17, 15) is 9.59 Å². The van der Waals surface area contributed by atoms with Gasteiger partial charge in [0.05, 0.1) is 6.26 Å². The Bertz CT molecular complexity index is 657. The molecule has 0 aromatic carbocycles. The number of carbonyl (C=O) groups is 2. The Morgan fingerprint density at radius 1 is 1.41 bits per heavy atom. The Morgan fingerprint density at radius 3 is 2.82 bits per heavy atom. The van der Waals surface area contributed by atoms with Gasteiger partial charge in [-0.15, -0.1) is 11.3 Å². The fourth-order valence-corrected chi connectivity index (χ4v) is 3.43. The molecule has 3 rings (SSSR count). The first kappa shape index (κ1) is 14.8. The van der Waals surface area contributed by atoms with E-state index in [1.165, 1.54) is 11.3 Å². The van der Waals surface area contributed by atoms with Gasteiger partial charge < -0.3 is 15.1 Å². The van der Waals surface area contributed by atoms with E-state index in [1.807, 2.05) is 6.07 Å². The molecule has 0 bridgehead atoms. The van der Waals surface area contributed by atoms with Crippen LogP contribution < -0.4 is 5.73 Å². The molecule has 0 atom stereocenters. The maximum atomic E-state index is 12.5. The fourth-order valence-electron chi connectivity index (χ4n) is 2.67. The Kier molecular flexibility index (Phi) is 4.24. The minimum Gasteiger partial charge on any atom is -0.462 e. The van der Waals surface area contributed by atoms with Crippen molar-refractivity contribution in [3.63, 3.8) is 0 Å². The molecule has 0 aliphatic carbocycles. The van der Waals surface area contributed by atoms with Crippen molar-refractivity contribution in [3.05, 3.63) is 29.5 Å². The van der Waals surface area contributed by atoms with Crippen LogP contribution >= 0.6 is 11.3 Å². The van der Waals surface area contributed by atoms with Crippen molar-refractivity contribution in [1.29, 1.82) is 0 Å². The first-order chi connectivity index (χ1) is 10.6. The number of carbonyl (C=O) groups excluding carboxylic acids is 2. The summed E-state index contributed by atoms with van der Waals surface area (Å²) in [5.74, 6) is 0.624. The number of nitrogens with two attached hydrogens (primary N) is 1. The van der Waals surface area contributed by atoms with Crippen LogP contribution in [0.15, 0.2) is 28.2 Å². The molecule has 1 fully saturated rings. The molecule has 0 saturated carbocycles. The highest BCUT2D eigenvalue weighted by molar-refractivity contribution is 7.13. The van der Waals surface area contributed by atoms with Crippen molar-refractivity contribution in [2.24, 2.45) is 11.7 Å². The van der Waals surface area contributed by atoms with Crippen LogP contribution in [0.1, 0.15) is 29.8 Å². The van der Waals surface area contributed by atoms with Crippen LogP contribution in [0.25, 0.3) is 10.8 Å². The summed E-state index contributed by atoms with van der Waals surface area (Å²) in [4.78, 5) is 29.5. The largest absolute Gasteiger partial charge is 0.462 e. The molecule has 2 aromatic heterocycles. The third kappa shape index (κ3) is 3.19. The predicted molar refractivity (Wildman–Crippen MR) is 82.3 cm³/mol. The van der Waals surface area contributed by atoms with Crippen LogP contribution in [0.3, 0.4) is 0 Å². The summed E-state index contributed by atoms with van der Waals surface area (Å²) >= 11 is 1.40. The zero-order valence-electron chi connectivity index (χ0n) is 12.0. The summed E-state index contributed by atoms with van der Waals surface area (Å²) in [6, 6.07) is 3.62. The molecular weight excluding hydrogens is 302 g/mol. The average molecular weight is 319 g/mol. The van der Waals surface area contributed by atoms with Gasteiger partial charge in [0, 0.05) is 24.9 Å². The van der Waals surface area contributed by atoms with Crippen molar-refractivity contribution in [2.45, 2.75) is 19.3 Å². The van der Waals surface area contributed by atoms with Gasteiger partial charge in [-0.1, -0.05) is 0 Å². The Balaban J connectivity index is 1.62. The first-order valence-electron chi connectivity index (χ1n) is 7.20. The topological polar surface area (TPSA) is 89.4 Å². The lowest BCUT2D eigenvalue weighted by Gasteiger charge is -2.31. The minimum absolute atomic E-state index is 0.0634. The van der Waals surface area contributed by atoms with Gasteiger partial charge in [-0.3, -0.25) is 9.59 Å². The lowest BCUT2D eigenvalue weighted by atomic mass is 9.93. The van der Waals surface area contributed by atoms with Crippen molar-refractivity contribution in [3.8, 4) is 10.8 Å². The number of primary amides is 1. The average Bonchev–Trinajstić information content (AvgIpc) is 3.18. The van der Waals surface area contributed by atoms with Gasteiger partial charge in [-0.2, -0.15) is 0 Å². The third-order valence-corrected chi connectivity index (χ3v) is 4.70. The van der Waals surface area contributed by atoms with Crippen molar-refractivity contribution >= 4 is 23.2 Å². The lowest BCUT2D eigenvalue weighted by Crippen LogP contribution is -2.39. The van der Waals surface area contributed by atoms with Gasteiger partial charge in [0.15, 0.2) is 10.8 Å². The highest BCUT2D eigenvalue weighted by Crippen LogP contribution is 2.26. The molecular formula is C15H17N3O3S. The highest BCUT2D eigenvalue weighted by atomic mass is 32.1. The van der Waals surface area contributed by atoms with Gasteiger partial charge in [0.1, 0.15) is 5.69 Å². The molecule has 1 saturated heterocycles. The number of amides is 2. The summed E-state index contributed by atoms with van der Waals surface area (Å²) in [5.41, 5.74) is 5.67. The molecule has 2 N–H and O–H groups in total. The van der Waals surface area contributed by atoms with E-state index < -0.39 is 0 Å². The van der Waals surface area contributed by atoms with Gasteiger partial charge >= 0.3 is 0 Å². The van der Waals surface area contributed by atoms with Crippen LogP contribution in [0.4, 0.5) is 0 Å².